The molecule has 0 saturated heterocycles. The zero-order valence-electron chi connectivity index (χ0n) is 9.69. The molecule has 1 fully saturated rings. The number of nitrogens with zero attached hydrogens (tertiary/aromatic N) is 2. The van der Waals surface area contributed by atoms with E-state index >= 15 is 0 Å². The average Bonchev–Trinajstić information content (AvgIpc) is 2.68. The molecule has 4 nitrogen and oxygen atoms in total. The molecule has 0 atom stereocenters. The van der Waals surface area contributed by atoms with Crippen molar-refractivity contribution in [3.8, 4) is 0 Å². The molecule has 1 saturated carbocycles. The number of hydrogen-bond acceptors (Lipinski definition) is 3. The van der Waals surface area contributed by atoms with Crippen molar-refractivity contribution in [1.29, 1.82) is 0 Å². The summed E-state index contributed by atoms with van der Waals surface area (Å²) in [5.74, 6) is 0.381. The first-order valence-corrected chi connectivity index (χ1v) is 5.86. The van der Waals surface area contributed by atoms with Gasteiger partial charge in [-0.05, 0) is 18.9 Å². The van der Waals surface area contributed by atoms with Gasteiger partial charge in [0.1, 0.15) is 5.78 Å². The maximum absolute atomic E-state index is 11.0. The minimum absolute atomic E-state index is 0.283. The molecule has 0 unspecified atom stereocenters. The van der Waals surface area contributed by atoms with Crippen LogP contribution in [-0.4, -0.2) is 28.3 Å². The summed E-state index contributed by atoms with van der Waals surface area (Å²) in [6.07, 6.45) is 6.14. The van der Waals surface area contributed by atoms with Crippen LogP contribution in [0.15, 0.2) is 12.3 Å². The minimum atomic E-state index is 0.283. The smallest absolute Gasteiger partial charge is 0.133 e. The molecule has 0 spiro atoms. The first-order valence-electron chi connectivity index (χ1n) is 5.86. The zero-order valence-corrected chi connectivity index (χ0v) is 9.69. The van der Waals surface area contributed by atoms with Gasteiger partial charge in [0, 0.05) is 38.2 Å². The van der Waals surface area contributed by atoms with E-state index < -0.39 is 0 Å². The summed E-state index contributed by atoms with van der Waals surface area (Å²) in [6, 6.07) is 2.01. The van der Waals surface area contributed by atoms with E-state index in [1.807, 2.05) is 17.8 Å². The number of aromatic nitrogens is 2. The molecule has 0 amide bonds. The third-order valence-corrected chi connectivity index (χ3v) is 3.12. The van der Waals surface area contributed by atoms with Crippen molar-refractivity contribution in [3.63, 3.8) is 0 Å². The molecule has 1 aromatic heterocycles. The molecule has 2 rings (SSSR count). The van der Waals surface area contributed by atoms with E-state index in [0.717, 1.165) is 25.9 Å². The van der Waals surface area contributed by atoms with E-state index in [1.54, 1.807) is 6.20 Å². The van der Waals surface area contributed by atoms with Gasteiger partial charge >= 0.3 is 0 Å². The van der Waals surface area contributed by atoms with Crippen LogP contribution in [0.1, 0.15) is 31.4 Å². The van der Waals surface area contributed by atoms with Crippen LogP contribution < -0.4 is 0 Å². The molecule has 1 aliphatic carbocycles. The van der Waals surface area contributed by atoms with Gasteiger partial charge in [-0.15, -0.1) is 0 Å². The quantitative estimate of drug-likeness (QED) is 0.775. The van der Waals surface area contributed by atoms with Crippen molar-refractivity contribution in [1.82, 2.24) is 9.78 Å². The number of carbonyl (C=O) groups excluding carboxylic acids is 1. The summed E-state index contributed by atoms with van der Waals surface area (Å²) in [5.41, 5.74) is 1.19. The summed E-state index contributed by atoms with van der Waals surface area (Å²) in [5, 5.41) is 4.11. The number of Topliss-reactive ketones (excluding diaryl/α,β-unsaturated/α-hetero) is 1. The average molecular weight is 222 g/mol. The highest BCUT2D eigenvalue weighted by molar-refractivity contribution is 5.79. The number of rotatable bonds is 4. The standard InChI is InChI=1S/C12H18N2O2/c1-14-10(6-8-13-14)7-9-16-12-4-2-11(15)3-5-12/h6,8,12H,2-5,7,9H2,1H3. The van der Waals surface area contributed by atoms with Crippen LogP contribution in [0.3, 0.4) is 0 Å². The Hall–Kier alpha value is -1.16. The molecule has 0 N–H and O–H groups in total. The molecule has 88 valence electrons. The van der Waals surface area contributed by atoms with E-state index in [-0.39, 0.29) is 6.10 Å². The Morgan fingerprint density at radius 1 is 1.50 bits per heavy atom. The summed E-state index contributed by atoms with van der Waals surface area (Å²) < 4.78 is 7.64. The van der Waals surface area contributed by atoms with Gasteiger partial charge < -0.3 is 4.74 Å². The molecule has 0 aromatic carbocycles. The summed E-state index contributed by atoms with van der Waals surface area (Å²) in [4.78, 5) is 11.0. The van der Waals surface area contributed by atoms with E-state index in [0.29, 0.717) is 18.6 Å². The van der Waals surface area contributed by atoms with Gasteiger partial charge in [-0.25, -0.2) is 0 Å². The third kappa shape index (κ3) is 2.92. The molecular weight excluding hydrogens is 204 g/mol. The number of aryl methyl sites for hydroxylation is 1. The van der Waals surface area contributed by atoms with E-state index in [9.17, 15) is 4.79 Å². The van der Waals surface area contributed by atoms with Gasteiger partial charge in [0.15, 0.2) is 0 Å². The first kappa shape index (κ1) is 11.3. The van der Waals surface area contributed by atoms with Crippen molar-refractivity contribution in [3.05, 3.63) is 18.0 Å². The summed E-state index contributed by atoms with van der Waals surface area (Å²) >= 11 is 0. The largest absolute Gasteiger partial charge is 0.378 e. The van der Waals surface area contributed by atoms with Crippen molar-refractivity contribution < 1.29 is 9.53 Å². The lowest BCUT2D eigenvalue weighted by Crippen LogP contribution is -2.22. The first-order chi connectivity index (χ1) is 7.75. The lowest BCUT2D eigenvalue weighted by atomic mass is 9.96. The molecule has 0 bridgehead atoms. The second-order valence-electron chi connectivity index (χ2n) is 4.30. The summed E-state index contributed by atoms with van der Waals surface area (Å²) in [6.45, 7) is 0.721. The van der Waals surface area contributed by atoms with Gasteiger partial charge in [0.2, 0.25) is 0 Å². The van der Waals surface area contributed by atoms with Crippen LogP contribution in [0.2, 0.25) is 0 Å². The fourth-order valence-corrected chi connectivity index (χ4v) is 2.06. The number of ketones is 1. The lowest BCUT2D eigenvalue weighted by molar-refractivity contribution is -0.122. The Bertz CT molecular complexity index is 350. The van der Waals surface area contributed by atoms with Gasteiger partial charge in [0.05, 0.1) is 12.7 Å². The number of carbonyl (C=O) groups is 1. The minimum Gasteiger partial charge on any atom is -0.378 e. The second-order valence-corrected chi connectivity index (χ2v) is 4.30. The molecule has 16 heavy (non-hydrogen) atoms. The van der Waals surface area contributed by atoms with Crippen LogP contribution in [0.4, 0.5) is 0 Å². The fourth-order valence-electron chi connectivity index (χ4n) is 2.06. The molecule has 1 aromatic rings. The molecule has 1 heterocycles. The maximum Gasteiger partial charge on any atom is 0.133 e. The Morgan fingerprint density at radius 3 is 2.88 bits per heavy atom. The predicted molar refractivity (Wildman–Crippen MR) is 60.1 cm³/mol. The van der Waals surface area contributed by atoms with Crippen LogP contribution in [0.25, 0.3) is 0 Å². The highest BCUT2D eigenvalue weighted by Gasteiger charge is 2.18. The number of ether oxygens (including phenoxy) is 1. The van der Waals surface area contributed by atoms with Crippen LogP contribution >= 0.6 is 0 Å². The predicted octanol–water partition coefficient (Wildman–Crippen LogP) is 1.49. The van der Waals surface area contributed by atoms with E-state index in [2.05, 4.69) is 5.10 Å². The van der Waals surface area contributed by atoms with Gasteiger partial charge in [-0.3, -0.25) is 9.48 Å². The van der Waals surface area contributed by atoms with Gasteiger partial charge in [0.25, 0.3) is 0 Å². The van der Waals surface area contributed by atoms with E-state index in [1.165, 1.54) is 5.69 Å². The van der Waals surface area contributed by atoms with Crippen LogP contribution in [0.5, 0.6) is 0 Å². The number of hydrogen-bond donors (Lipinski definition) is 0. The molecule has 0 aliphatic heterocycles. The highest BCUT2D eigenvalue weighted by Crippen LogP contribution is 2.18. The molecular formula is C12H18N2O2. The van der Waals surface area contributed by atoms with Crippen molar-refractivity contribution in [2.45, 2.75) is 38.2 Å². The maximum atomic E-state index is 11.0. The Balaban J connectivity index is 1.68. The van der Waals surface area contributed by atoms with Crippen molar-refractivity contribution in [2.24, 2.45) is 7.05 Å². The molecule has 0 radical (unpaired) electrons. The third-order valence-electron chi connectivity index (χ3n) is 3.12. The Kier molecular flexibility index (Phi) is 3.72. The van der Waals surface area contributed by atoms with E-state index in [4.69, 9.17) is 4.74 Å². The zero-order chi connectivity index (χ0) is 11.4. The van der Waals surface area contributed by atoms with Crippen molar-refractivity contribution >= 4 is 5.78 Å². The highest BCUT2D eigenvalue weighted by atomic mass is 16.5. The van der Waals surface area contributed by atoms with Crippen molar-refractivity contribution in [2.75, 3.05) is 6.61 Å². The lowest BCUT2D eigenvalue weighted by Gasteiger charge is -2.21. The Labute approximate surface area is 95.6 Å². The topological polar surface area (TPSA) is 44.1 Å². The van der Waals surface area contributed by atoms with Crippen LogP contribution in [-0.2, 0) is 23.0 Å². The molecule has 4 heteroatoms. The SMILES string of the molecule is Cn1nccc1CCOC1CCC(=O)CC1. The monoisotopic (exact) mass is 222 g/mol. The Morgan fingerprint density at radius 2 is 2.25 bits per heavy atom. The molecule has 1 aliphatic rings. The summed E-state index contributed by atoms with van der Waals surface area (Å²) in [7, 11) is 1.94. The normalized spacial score (nSPS) is 17.9. The fraction of sp³-hybridized carbons (Fsp3) is 0.667. The second kappa shape index (κ2) is 5.25. The van der Waals surface area contributed by atoms with Gasteiger partial charge in [-0.2, -0.15) is 5.10 Å². The van der Waals surface area contributed by atoms with Crippen LogP contribution in [0, 0.1) is 0 Å². The van der Waals surface area contributed by atoms with Gasteiger partial charge in [-0.1, -0.05) is 0 Å².